The number of hydrogen-bond acceptors (Lipinski definition) is 2. The van der Waals surface area contributed by atoms with Crippen LogP contribution in [0.1, 0.15) is 38.3 Å². The highest BCUT2D eigenvalue weighted by molar-refractivity contribution is 5.52. The summed E-state index contributed by atoms with van der Waals surface area (Å²) in [6.45, 7) is 11.2. The lowest BCUT2D eigenvalue weighted by molar-refractivity contribution is 0.492. The molecular weight excluding hydrogens is 220 g/mol. The Kier molecular flexibility index (Phi) is 4.28. The van der Waals surface area contributed by atoms with E-state index in [0.29, 0.717) is 12.1 Å². The summed E-state index contributed by atoms with van der Waals surface area (Å²) in [5.41, 5.74) is 4.29. The minimum atomic E-state index is 0.583. The summed E-state index contributed by atoms with van der Waals surface area (Å²) in [4.78, 5) is 2.51. The summed E-state index contributed by atoms with van der Waals surface area (Å²) in [5, 5.41) is 3.64. The van der Waals surface area contributed by atoms with Crippen molar-refractivity contribution in [1.29, 1.82) is 0 Å². The summed E-state index contributed by atoms with van der Waals surface area (Å²) >= 11 is 0. The largest absolute Gasteiger partial charge is 0.370 e. The number of benzene rings is 1. The molecule has 2 rings (SSSR count). The highest BCUT2D eigenvalue weighted by Crippen LogP contribution is 2.23. The van der Waals surface area contributed by atoms with Gasteiger partial charge in [-0.3, -0.25) is 0 Å². The molecule has 1 aliphatic rings. The van der Waals surface area contributed by atoms with Crippen molar-refractivity contribution in [3.8, 4) is 0 Å². The average molecular weight is 246 g/mol. The standard InChI is InChI=1S/C16H26N2/c1-5-14-10-16(7-6-13(14)4)18-9-8-15(11-18)17-12(2)3/h6-7,10,12,15,17H,5,8-9,11H2,1-4H3. The third-order valence-corrected chi connectivity index (χ3v) is 3.84. The molecule has 1 aromatic rings. The van der Waals surface area contributed by atoms with Crippen LogP contribution < -0.4 is 10.2 Å². The molecule has 18 heavy (non-hydrogen) atoms. The number of nitrogens with zero attached hydrogens (tertiary/aromatic N) is 1. The van der Waals surface area contributed by atoms with Crippen molar-refractivity contribution in [2.24, 2.45) is 0 Å². The van der Waals surface area contributed by atoms with Crippen molar-refractivity contribution in [3.63, 3.8) is 0 Å². The molecule has 0 bridgehead atoms. The quantitative estimate of drug-likeness (QED) is 0.878. The van der Waals surface area contributed by atoms with Crippen LogP contribution in [0.4, 0.5) is 5.69 Å². The molecule has 2 heteroatoms. The van der Waals surface area contributed by atoms with Crippen LogP contribution in [-0.2, 0) is 6.42 Å². The van der Waals surface area contributed by atoms with Gasteiger partial charge in [0.15, 0.2) is 0 Å². The van der Waals surface area contributed by atoms with Gasteiger partial charge in [0.1, 0.15) is 0 Å². The van der Waals surface area contributed by atoms with E-state index in [1.165, 1.54) is 29.8 Å². The van der Waals surface area contributed by atoms with Crippen molar-refractivity contribution >= 4 is 5.69 Å². The fourth-order valence-electron chi connectivity index (χ4n) is 2.84. The van der Waals surface area contributed by atoms with E-state index in [2.05, 4.69) is 56.1 Å². The second kappa shape index (κ2) is 5.75. The number of hydrogen-bond donors (Lipinski definition) is 1. The van der Waals surface area contributed by atoms with Crippen molar-refractivity contribution in [1.82, 2.24) is 5.32 Å². The van der Waals surface area contributed by atoms with E-state index in [0.717, 1.165) is 13.0 Å². The lowest BCUT2D eigenvalue weighted by Crippen LogP contribution is -2.37. The third kappa shape index (κ3) is 3.05. The monoisotopic (exact) mass is 246 g/mol. The van der Waals surface area contributed by atoms with Gasteiger partial charge in [-0.25, -0.2) is 0 Å². The molecule has 0 amide bonds. The van der Waals surface area contributed by atoms with Gasteiger partial charge in [0.25, 0.3) is 0 Å². The molecule has 1 heterocycles. The minimum Gasteiger partial charge on any atom is -0.370 e. The normalized spacial score (nSPS) is 19.8. The van der Waals surface area contributed by atoms with Crippen LogP contribution in [0.2, 0.25) is 0 Å². The van der Waals surface area contributed by atoms with Gasteiger partial charge in [0.05, 0.1) is 0 Å². The first-order valence-corrected chi connectivity index (χ1v) is 7.20. The van der Waals surface area contributed by atoms with E-state index in [4.69, 9.17) is 0 Å². The van der Waals surface area contributed by atoms with Gasteiger partial charge in [0, 0.05) is 30.9 Å². The highest BCUT2D eigenvalue weighted by atomic mass is 15.2. The molecule has 0 radical (unpaired) electrons. The number of rotatable bonds is 4. The Hall–Kier alpha value is -1.02. The molecule has 2 nitrogen and oxygen atoms in total. The van der Waals surface area contributed by atoms with Crippen LogP contribution in [0.5, 0.6) is 0 Å². The fourth-order valence-corrected chi connectivity index (χ4v) is 2.84. The molecule has 1 aliphatic heterocycles. The van der Waals surface area contributed by atoms with Crippen LogP contribution in [0.15, 0.2) is 18.2 Å². The first-order valence-electron chi connectivity index (χ1n) is 7.20. The van der Waals surface area contributed by atoms with E-state index < -0.39 is 0 Å². The zero-order valence-electron chi connectivity index (χ0n) is 12.2. The molecule has 1 unspecified atom stereocenters. The molecular formula is C16H26N2. The summed E-state index contributed by atoms with van der Waals surface area (Å²) < 4.78 is 0. The molecule has 100 valence electrons. The van der Waals surface area contributed by atoms with Crippen LogP contribution in [0, 0.1) is 6.92 Å². The van der Waals surface area contributed by atoms with Crippen molar-refractivity contribution in [2.45, 2.75) is 52.6 Å². The zero-order chi connectivity index (χ0) is 13.1. The molecule has 1 fully saturated rings. The Morgan fingerprint density at radius 1 is 1.39 bits per heavy atom. The van der Waals surface area contributed by atoms with Crippen LogP contribution in [0.25, 0.3) is 0 Å². The van der Waals surface area contributed by atoms with Crippen molar-refractivity contribution in [2.75, 3.05) is 18.0 Å². The Balaban J connectivity index is 2.05. The van der Waals surface area contributed by atoms with Gasteiger partial charge in [0.2, 0.25) is 0 Å². The summed E-state index contributed by atoms with van der Waals surface area (Å²) in [5.74, 6) is 0. The van der Waals surface area contributed by atoms with Gasteiger partial charge in [-0.1, -0.05) is 26.8 Å². The topological polar surface area (TPSA) is 15.3 Å². The number of anilines is 1. The third-order valence-electron chi connectivity index (χ3n) is 3.84. The highest BCUT2D eigenvalue weighted by Gasteiger charge is 2.22. The maximum absolute atomic E-state index is 3.64. The number of aryl methyl sites for hydroxylation is 2. The fraction of sp³-hybridized carbons (Fsp3) is 0.625. The van der Waals surface area contributed by atoms with Gasteiger partial charge in [-0.2, -0.15) is 0 Å². The van der Waals surface area contributed by atoms with Gasteiger partial charge in [-0.05, 0) is 43.0 Å². The van der Waals surface area contributed by atoms with E-state index in [1.54, 1.807) is 0 Å². The summed E-state index contributed by atoms with van der Waals surface area (Å²) in [6, 6.07) is 8.13. The van der Waals surface area contributed by atoms with E-state index in [-0.39, 0.29) is 0 Å². The van der Waals surface area contributed by atoms with E-state index >= 15 is 0 Å². The molecule has 0 saturated carbocycles. The van der Waals surface area contributed by atoms with Gasteiger partial charge < -0.3 is 10.2 Å². The maximum atomic E-state index is 3.64. The molecule has 1 saturated heterocycles. The number of nitrogens with one attached hydrogen (secondary N) is 1. The molecule has 0 aliphatic carbocycles. The molecule has 1 aromatic carbocycles. The Labute approximate surface area is 111 Å². The minimum absolute atomic E-state index is 0.583. The van der Waals surface area contributed by atoms with E-state index in [9.17, 15) is 0 Å². The lowest BCUT2D eigenvalue weighted by Gasteiger charge is -2.21. The van der Waals surface area contributed by atoms with Crippen LogP contribution in [0.3, 0.4) is 0 Å². The lowest BCUT2D eigenvalue weighted by atomic mass is 10.1. The van der Waals surface area contributed by atoms with Gasteiger partial charge in [-0.15, -0.1) is 0 Å². The Morgan fingerprint density at radius 3 is 2.83 bits per heavy atom. The average Bonchev–Trinajstić information content (AvgIpc) is 2.77. The van der Waals surface area contributed by atoms with Crippen LogP contribution >= 0.6 is 0 Å². The first-order chi connectivity index (χ1) is 8.60. The first kappa shape index (κ1) is 13.4. The molecule has 1 atom stereocenters. The summed E-state index contributed by atoms with van der Waals surface area (Å²) in [6.07, 6.45) is 2.38. The molecule has 1 N–H and O–H groups in total. The maximum Gasteiger partial charge on any atom is 0.0369 e. The van der Waals surface area contributed by atoms with Gasteiger partial charge >= 0.3 is 0 Å². The molecule has 0 aromatic heterocycles. The predicted molar refractivity (Wildman–Crippen MR) is 79.4 cm³/mol. The smallest absolute Gasteiger partial charge is 0.0369 e. The zero-order valence-corrected chi connectivity index (χ0v) is 12.2. The van der Waals surface area contributed by atoms with Crippen molar-refractivity contribution < 1.29 is 0 Å². The second-order valence-corrected chi connectivity index (χ2v) is 5.72. The summed E-state index contributed by atoms with van der Waals surface area (Å²) in [7, 11) is 0. The Bertz CT molecular complexity index is 398. The second-order valence-electron chi connectivity index (χ2n) is 5.72. The van der Waals surface area contributed by atoms with E-state index in [1.807, 2.05) is 0 Å². The van der Waals surface area contributed by atoms with Crippen LogP contribution in [-0.4, -0.2) is 25.2 Å². The van der Waals surface area contributed by atoms with Crippen molar-refractivity contribution in [3.05, 3.63) is 29.3 Å². The Morgan fingerprint density at radius 2 is 2.17 bits per heavy atom. The molecule has 0 spiro atoms. The SMILES string of the molecule is CCc1cc(N2CCC(NC(C)C)C2)ccc1C. The predicted octanol–water partition coefficient (Wildman–Crippen LogP) is 3.13.